The molecule has 4 bridgehead atoms. The van der Waals surface area contributed by atoms with Gasteiger partial charge in [0.25, 0.3) is 0 Å². The van der Waals surface area contributed by atoms with E-state index in [1.165, 1.54) is 119 Å². The van der Waals surface area contributed by atoms with Crippen molar-refractivity contribution in [2.75, 3.05) is 4.90 Å². The minimum Gasteiger partial charge on any atom is -0.457 e. The van der Waals surface area contributed by atoms with Crippen molar-refractivity contribution in [2.45, 2.75) is 140 Å². The van der Waals surface area contributed by atoms with Gasteiger partial charge < -0.3 is 9.64 Å². The quantitative estimate of drug-likeness (QED) is 0.181. The van der Waals surface area contributed by atoms with Crippen molar-refractivity contribution in [3.05, 3.63) is 137 Å². The number of hydrogen-bond donors (Lipinski definition) is 0. The number of nitrogens with zero attached hydrogens (tertiary/aromatic N) is 1. The van der Waals surface area contributed by atoms with E-state index in [9.17, 15) is 0 Å². The van der Waals surface area contributed by atoms with Crippen LogP contribution in [-0.4, -0.2) is 0 Å². The molecule has 4 fully saturated rings. The number of para-hydroxylation sites is 1. The third-order valence-electron chi connectivity index (χ3n) is 17.1. The Balaban J connectivity index is 1.03. The first-order chi connectivity index (χ1) is 27.6. The van der Waals surface area contributed by atoms with E-state index in [1.54, 1.807) is 0 Å². The molecule has 58 heavy (non-hydrogen) atoms. The summed E-state index contributed by atoms with van der Waals surface area (Å²) in [5, 5.41) is 0. The fraction of sp³-hybridized carbons (Fsp3) is 0.464. The van der Waals surface area contributed by atoms with Gasteiger partial charge in [-0.3, -0.25) is 0 Å². The van der Waals surface area contributed by atoms with Crippen LogP contribution in [0.5, 0.6) is 11.5 Å². The van der Waals surface area contributed by atoms with Gasteiger partial charge >= 0.3 is 0 Å². The van der Waals surface area contributed by atoms with Crippen molar-refractivity contribution in [3.8, 4) is 22.6 Å². The Kier molecular flexibility index (Phi) is 7.84. The zero-order valence-corrected chi connectivity index (χ0v) is 36.3. The molecular formula is C56H63NO. The Hall–Kier alpha value is -4.30. The van der Waals surface area contributed by atoms with E-state index in [4.69, 9.17) is 4.74 Å². The lowest BCUT2D eigenvalue weighted by molar-refractivity contribution is -0.0452. The molecular weight excluding hydrogens is 703 g/mol. The highest BCUT2D eigenvalue weighted by Crippen LogP contribution is 2.69. The first-order valence-electron chi connectivity index (χ1n) is 22.8. The lowest BCUT2D eigenvalue weighted by atomic mass is 9.41. The van der Waals surface area contributed by atoms with Crippen LogP contribution in [0.1, 0.15) is 147 Å². The first-order valence-corrected chi connectivity index (χ1v) is 22.8. The van der Waals surface area contributed by atoms with Crippen LogP contribution in [0, 0.1) is 23.7 Å². The molecule has 12 rings (SSSR count). The molecule has 0 atom stereocenters. The first kappa shape index (κ1) is 36.8. The van der Waals surface area contributed by atoms with Gasteiger partial charge in [0.1, 0.15) is 11.5 Å². The normalized spacial score (nSPS) is 28.5. The summed E-state index contributed by atoms with van der Waals surface area (Å²) >= 11 is 0. The second-order valence-corrected chi connectivity index (χ2v) is 22.4. The molecule has 2 nitrogen and oxygen atoms in total. The fourth-order valence-electron chi connectivity index (χ4n) is 13.8. The summed E-state index contributed by atoms with van der Waals surface area (Å²) in [4.78, 5) is 2.54. The summed E-state index contributed by atoms with van der Waals surface area (Å²) in [5.41, 5.74) is 15.8. The van der Waals surface area contributed by atoms with Gasteiger partial charge in [-0.15, -0.1) is 0 Å². The molecule has 0 aromatic heterocycles. The smallest absolute Gasteiger partial charge is 0.131 e. The van der Waals surface area contributed by atoms with Crippen LogP contribution < -0.4 is 9.64 Å². The van der Waals surface area contributed by atoms with Crippen LogP contribution in [0.2, 0.25) is 0 Å². The van der Waals surface area contributed by atoms with E-state index in [-0.39, 0.29) is 27.1 Å². The van der Waals surface area contributed by atoms with Gasteiger partial charge in [0.05, 0.1) is 0 Å². The SMILES string of the molecule is CC1(C)CCC(C)(C)c2cc(N(c3ccc(-c4ccc5c(c4)C4(c6ccccc6O5)C5CC6CC(C5)CC4C6)cc3)c3ccc4c(c3)C(C)(C)CCC4(C)C)ccc21. The molecule has 0 amide bonds. The minimum atomic E-state index is 0.0495. The second kappa shape index (κ2) is 12.4. The Morgan fingerprint density at radius 1 is 0.414 bits per heavy atom. The highest BCUT2D eigenvalue weighted by molar-refractivity contribution is 5.80. The van der Waals surface area contributed by atoms with Gasteiger partial charge in [0.2, 0.25) is 0 Å². The molecule has 0 N–H and O–H groups in total. The summed E-state index contributed by atoms with van der Waals surface area (Å²) in [6, 6.07) is 40.5. The molecule has 0 radical (unpaired) electrons. The topological polar surface area (TPSA) is 12.5 Å². The van der Waals surface area contributed by atoms with Gasteiger partial charge in [0, 0.05) is 33.6 Å². The van der Waals surface area contributed by atoms with E-state index >= 15 is 0 Å². The van der Waals surface area contributed by atoms with Gasteiger partial charge in [-0.05, 0) is 191 Å². The number of benzene rings is 5. The van der Waals surface area contributed by atoms with Crippen LogP contribution in [0.25, 0.3) is 11.1 Å². The van der Waals surface area contributed by atoms with E-state index in [0.29, 0.717) is 11.8 Å². The molecule has 4 saturated carbocycles. The molecule has 1 spiro atoms. The molecule has 5 aromatic carbocycles. The molecule has 1 heterocycles. The molecule has 1 aliphatic heterocycles. The van der Waals surface area contributed by atoms with Gasteiger partial charge in [-0.25, -0.2) is 0 Å². The summed E-state index contributed by atoms with van der Waals surface area (Å²) in [7, 11) is 0. The third kappa shape index (κ3) is 5.34. The maximum atomic E-state index is 6.77. The van der Waals surface area contributed by atoms with Gasteiger partial charge in [-0.2, -0.15) is 0 Å². The lowest BCUT2D eigenvalue weighted by Gasteiger charge is -2.63. The van der Waals surface area contributed by atoms with Crippen LogP contribution in [0.4, 0.5) is 17.1 Å². The van der Waals surface area contributed by atoms with Crippen molar-refractivity contribution >= 4 is 17.1 Å². The average molecular weight is 766 g/mol. The monoisotopic (exact) mass is 765 g/mol. The number of ether oxygens (including phenoxy) is 1. The predicted molar refractivity (Wildman–Crippen MR) is 241 cm³/mol. The van der Waals surface area contributed by atoms with Crippen molar-refractivity contribution in [3.63, 3.8) is 0 Å². The number of hydrogen-bond acceptors (Lipinski definition) is 2. The molecule has 6 aliphatic carbocycles. The highest BCUT2D eigenvalue weighted by atomic mass is 16.5. The van der Waals surface area contributed by atoms with Crippen LogP contribution >= 0.6 is 0 Å². The summed E-state index contributed by atoms with van der Waals surface area (Å²) in [6.07, 6.45) is 11.8. The molecule has 298 valence electrons. The maximum Gasteiger partial charge on any atom is 0.131 e. The molecule has 2 heteroatoms. The standard InChI is InChI=1S/C56H63NO/c1-52(2)23-25-54(5,6)47-33-42(18-20-44(47)52)57(43-19-21-45-48(34-43)55(7,8)26-24-53(45,3)4)41-16-13-37(14-17-41)38-15-22-51-49(32-38)56(46-11-9-10-12-50(46)58-51)39-28-35-27-36(30-39)31-40(56)29-35/h9-22,32-36,39-40H,23-31H2,1-8H3. The van der Waals surface area contributed by atoms with E-state index in [2.05, 4.69) is 163 Å². The average Bonchev–Trinajstić information content (AvgIpc) is 3.20. The van der Waals surface area contributed by atoms with Crippen LogP contribution in [0.3, 0.4) is 0 Å². The molecule has 0 saturated heterocycles. The Morgan fingerprint density at radius 3 is 1.43 bits per heavy atom. The zero-order chi connectivity index (χ0) is 40.0. The Bertz CT molecular complexity index is 2350. The number of rotatable bonds is 4. The highest BCUT2D eigenvalue weighted by Gasteiger charge is 2.61. The molecule has 0 unspecified atom stereocenters. The Labute approximate surface area is 348 Å². The van der Waals surface area contributed by atoms with Crippen molar-refractivity contribution in [1.29, 1.82) is 0 Å². The van der Waals surface area contributed by atoms with E-state index in [0.717, 1.165) is 23.3 Å². The summed E-state index contributed by atoms with van der Waals surface area (Å²) < 4.78 is 6.77. The number of fused-ring (bicyclic) bond motifs is 4. The predicted octanol–water partition coefficient (Wildman–Crippen LogP) is 15.4. The summed E-state index contributed by atoms with van der Waals surface area (Å²) in [6.45, 7) is 19.5. The summed E-state index contributed by atoms with van der Waals surface area (Å²) in [5.74, 6) is 5.37. The number of anilines is 3. The maximum absolute atomic E-state index is 6.77. The lowest BCUT2D eigenvalue weighted by Crippen LogP contribution is -2.56. The Morgan fingerprint density at radius 2 is 0.879 bits per heavy atom. The van der Waals surface area contributed by atoms with Gasteiger partial charge in [-0.1, -0.05) is 104 Å². The van der Waals surface area contributed by atoms with E-state index < -0.39 is 0 Å². The second-order valence-electron chi connectivity index (χ2n) is 22.4. The minimum absolute atomic E-state index is 0.0495. The molecule has 7 aliphatic rings. The zero-order valence-electron chi connectivity index (χ0n) is 36.3. The van der Waals surface area contributed by atoms with E-state index in [1.807, 2.05) is 0 Å². The third-order valence-corrected chi connectivity index (χ3v) is 17.1. The fourth-order valence-corrected chi connectivity index (χ4v) is 13.8. The van der Waals surface area contributed by atoms with Crippen molar-refractivity contribution in [1.82, 2.24) is 0 Å². The van der Waals surface area contributed by atoms with Crippen LogP contribution in [0.15, 0.2) is 103 Å². The van der Waals surface area contributed by atoms with Crippen LogP contribution in [-0.2, 0) is 27.1 Å². The van der Waals surface area contributed by atoms with Gasteiger partial charge in [0.15, 0.2) is 0 Å². The van der Waals surface area contributed by atoms with Crippen molar-refractivity contribution < 1.29 is 4.74 Å². The molecule has 5 aromatic rings. The largest absolute Gasteiger partial charge is 0.457 e. The van der Waals surface area contributed by atoms with Crippen molar-refractivity contribution in [2.24, 2.45) is 23.7 Å².